The van der Waals surface area contributed by atoms with Crippen molar-refractivity contribution >= 4 is 44.0 Å². The summed E-state index contributed by atoms with van der Waals surface area (Å²) < 4.78 is 26.6. The molecule has 9 heteroatoms. The quantitative estimate of drug-likeness (QED) is 0.858. The molecule has 118 valence electrons. The van der Waals surface area contributed by atoms with Crippen LogP contribution in [0.15, 0.2) is 35.4 Å². The van der Waals surface area contributed by atoms with Crippen LogP contribution in [0.4, 0.5) is 5.13 Å². The Morgan fingerprint density at radius 1 is 1.32 bits per heavy atom. The number of nitrogens with one attached hydrogen (secondary N) is 2. The van der Waals surface area contributed by atoms with E-state index in [9.17, 15) is 13.2 Å². The number of nitrogens with zero attached hydrogens (tertiary/aromatic N) is 1. The number of sulfonamides is 1. The van der Waals surface area contributed by atoms with Crippen LogP contribution in [0.25, 0.3) is 0 Å². The molecule has 6 nitrogen and oxygen atoms in total. The van der Waals surface area contributed by atoms with Crippen LogP contribution in [0.1, 0.15) is 11.8 Å². The molecule has 1 heterocycles. The Morgan fingerprint density at radius 3 is 2.50 bits per heavy atom. The first kappa shape index (κ1) is 16.9. The second-order valence-corrected chi connectivity index (χ2v) is 7.95. The van der Waals surface area contributed by atoms with Gasteiger partial charge in [0.1, 0.15) is 0 Å². The van der Waals surface area contributed by atoms with Crippen molar-refractivity contribution in [2.75, 3.05) is 5.32 Å². The molecule has 0 bridgehead atoms. The van der Waals surface area contributed by atoms with Crippen LogP contribution < -0.4 is 10.0 Å². The van der Waals surface area contributed by atoms with Gasteiger partial charge in [0.05, 0.1) is 10.9 Å². The maximum Gasteiger partial charge on any atom is 0.244 e. The largest absolute Gasteiger partial charge is 0.301 e. The Bertz CT molecular complexity index is 772. The van der Waals surface area contributed by atoms with Gasteiger partial charge >= 0.3 is 0 Å². The lowest BCUT2D eigenvalue weighted by molar-refractivity contribution is -0.117. The molecule has 0 unspecified atom stereocenters. The summed E-state index contributed by atoms with van der Waals surface area (Å²) in [5.41, 5.74) is 0. The summed E-state index contributed by atoms with van der Waals surface area (Å²) in [6.07, 6.45) is 1.63. The molecular weight excluding hydrogens is 346 g/mol. The van der Waals surface area contributed by atoms with Gasteiger partial charge < -0.3 is 5.32 Å². The minimum absolute atomic E-state index is 0.0432. The highest BCUT2D eigenvalue weighted by atomic mass is 35.5. The molecule has 2 N–H and O–H groups in total. The molecular formula is C13H14ClN3O3S2. The Hall–Kier alpha value is -1.48. The van der Waals surface area contributed by atoms with Crippen LogP contribution in [0, 0.1) is 6.92 Å². The molecule has 22 heavy (non-hydrogen) atoms. The summed E-state index contributed by atoms with van der Waals surface area (Å²) >= 11 is 7.04. The first-order valence-corrected chi connectivity index (χ1v) is 8.97. The average Bonchev–Trinajstić information content (AvgIpc) is 2.84. The molecule has 1 aromatic carbocycles. The number of thiazole rings is 1. The van der Waals surface area contributed by atoms with Crippen molar-refractivity contribution in [2.24, 2.45) is 0 Å². The smallest absolute Gasteiger partial charge is 0.244 e. The lowest BCUT2D eigenvalue weighted by Gasteiger charge is -2.13. The number of aryl methyl sites for hydroxylation is 1. The Balaban J connectivity index is 2.05. The van der Waals surface area contributed by atoms with Crippen LogP contribution in [-0.2, 0) is 14.8 Å². The first-order chi connectivity index (χ1) is 10.3. The van der Waals surface area contributed by atoms with Crippen molar-refractivity contribution in [1.29, 1.82) is 0 Å². The number of aromatic nitrogens is 1. The fourth-order valence-corrected chi connectivity index (χ4v) is 3.59. The molecule has 1 amide bonds. The second kappa shape index (κ2) is 6.74. The third kappa shape index (κ3) is 4.26. The Morgan fingerprint density at radius 2 is 1.95 bits per heavy atom. The number of benzene rings is 1. The van der Waals surface area contributed by atoms with Gasteiger partial charge in [-0.2, -0.15) is 4.72 Å². The lowest BCUT2D eigenvalue weighted by Crippen LogP contribution is -2.41. The molecule has 2 aromatic rings. The van der Waals surface area contributed by atoms with Gasteiger partial charge in [-0.1, -0.05) is 11.6 Å². The summed E-state index contributed by atoms with van der Waals surface area (Å²) in [6.45, 7) is 3.32. The zero-order chi connectivity index (χ0) is 16.3. The fourth-order valence-electron chi connectivity index (χ4n) is 1.59. The summed E-state index contributed by atoms with van der Waals surface area (Å²) in [5, 5.41) is 3.43. The molecule has 0 aliphatic carbocycles. The van der Waals surface area contributed by atoms with Gasteiger partial charge in [-0.3, -0.25) is 4.79 Å². The van der Waals surface area contributed by atoms with Crippen molar-refractivity contribution in [3.63, 3.8) is 0 Å². The molecule has 1 atom stereocenters. The summed E-state index contributed by atoms with van der Waals surface area (Å²) in [7, 11) is -3.79. The Kier molecular flexibility index (Phi) is 5.17. The molecule has 0 aliphatic heterocycles. The lowest BCUT2D eigenvalue weighted by atomic mass is 10.3. The van der Waals surface area contributed by atoms with E-state index in [-0.39, 0.29) is 4.90 Å². The number of carbonyl (C=O) groups excluding carboxylic acids is 1. The summed E-state index contributed by atoms with van der Waals surface area (Å²) in [6, 6.07) is 4.75. The predicted molar refractivity (Wildman–Crippen MR) is 86.7 cm³/mol. The van der Waals surface area contributed by atoms with Gasteiger partial charge in [0.15, 0.2) is 5.13 Å². The first-order valence-electron chi connectivity index (χ1n) is 6.29. The molecule has 2 rings (SSSR count). The molecule has 0 aliphatic rings. The monoisotopic (exact) mass is 359 g/mol. The van der Waals surface area contributed by atoms with E-state index < -0.39 is 22.0 Å². The molecule has 0 fully saturated rings. The number of hydrogen-bond donors (Lipinski definition) is 2. The van der Waals surface area contributed by atoms with Gasteiger partial charge in [0.25, 0.3) is 0 Å². The number of carbonyl (C=O) groups is 1. The van der Waals surface area contributed by atoms with E-state index in [0.717, 1.165) is 4.88 Å². The average molecular weight is 360 g/mol. The van der Waals surface area contributed by atoms with Gasteiger partial charge in [0, 0.05) is 16.1 Å². The molecule has 0 radical (unpaired) electrons. The maximum atomic E-state index is 12.2. The predicted octanol–water partition coefficient (Wildman–Crippen LogP) is 2.41. The van der Waals surface area contributed by atoms with Crippen LogP contribution >= 0.6 is 22.9 Å². The van der Waals surface area contributed by atoms with E-state index in [1.54, 1.807) is 6.20 Å². The highest BCUT2D eigenvalue weighted by Crippen LogP contribution is 2.17. The highest BCUT2D eigenvalue weighted by molar-refractivity contribution is 7.89. The van der Waals surface area contributed by atoms with Crippen LogP contribution in [0.3, 0.4) is 0 Å². The number of anilines is 1. The van der Waals surface area contributed by atoms with Gasteiger partial charge in [-0.25, -0.2) is 13.4 Å². The van der Waals surface area contributed by atoms with Crippen molar-refractivity contribution in [1.82, 2.24) is 9.71 Å². The van der Waals surface area contributed by atoms with Gasteiger partial charge in [-0.05, 0) is 38.1 Å². The van der Waals surface area contributed by atoms with Crippen LogP contribution in [0.5, 0.6) is 0 Å². The molecule has 0 spiro atoms. The van der Waals surface area contributed by atoms with Crippen LogP contribution in [-0.4, -0.2) is 25.4 Å². The number of hydrogen-bond acceptors (Lipinski definition) is 5. The van der Waals surface area contributed by atoms with E-state index >= 15 is 0 Å². The third-order valence-corrected chi connectivity index (χ3v) is 5.34. The van der Waals surface area contributed by atoms with E-state index in [4.69, 9.17) is 11.6 Å². The normalized spacial score (nSPS) is 12.9. The number of rotatable bonds is 5. The highest BCUT2D eigenvalue weighted by Gasteiger charge is 2.22. The van der Waals surface area contributed by atoms with E-state index in [1.165, 1.54) is 42.5 Å². The maximum absolute atomic E-state index is 12.2. The molecule has 0 saturated carbocycles. The Labute approximate surface area is 137 Å². The number of halogens is 1. The standard InChI is InChI=1S/C13H14ClN3O3S2/c1-8-7-15-13(21-8)16-12(18)9(2)17-22(19,20)11-5-3-10(14)4-6-11/h3-7,9,17H,1-2H3,(H,15,16,18)/t9-/m0/s1. The molecule has 1 aromatic heterocycles. The zero-order valence-corrected chi connectivity index (χ0v) is 14.2. The van der Waals surface area contributed by atoms with E-state index in [1.807, 2.05) is 6.92 Å². The summed E-state index contributed by atoms with van der Waals surface area (Å²) in [5.74, 6) is -0.480. The van der Waals surface area contributed by atoms with Crippen molar-refractivity contribution in [3.05, 3.63) is 40.4 Å². The SMILES string of the molecule is Cc1cnc(NC(=O)[C@H](C)NS(=O)(=O)c2ccc(Cl)cc2)s1. The minimum Gasteiger partial charge on any atom is -0.301 e. The fraction of sp³-hybridized carbons (Fsp3) is 0.231. The molecule has 0 saturated heterocycles. The van der Waals surface area contributed by atoms with Crippen LogP contribution in [0.2, 0.25) is 5.02 Å². The second-order valence-electron chi connectivity index (χ2n) is 4.56. The van der Waals surface area contributed by atoms with Crippen molar-refractivity contribution in [2.45, 2.75) is 24.8 Å². The van der Waals surface area contributed by atoms with Gasteiger partial charge in [-0.15, -0.1) is 11.3 Å². The minimum atomic E-state index is -3.79. The van der Waals surface area contributed by atoms with Gasteiger partial charge in [0.2, 0.25) is 15.9 Å². The third-order valence-electron chi connectivity index (χ3n) is 2.70. The number of amides is 1. The summed E-state index contributed by atoms with van der Waals surface area (Å²) in [4.78, 5) is 17.0. The zero-order valence-electron chi connectivity index (χ0n) is 11.8. The van der Waals surface area contributed by atoms with Crippen molar-refractivity contribution < 1.29 is 13.2 Å². The van der Waals surface area contributed by atoms with E-state index in [0.29, 0.717) is 10.2 Å². The topological polar surface area (TPSA) is 88.2 Å². The van der Waals surface area contributed by atoms with Crippen molar-refractivity contribution in [3.8, 4) is 0 Å². The van der Waals surface area contributed by atoms with E-state index in [2.05, 4.69) is 15.0 Å².